The van der Waals surface area contributed by atoms with Gasteiger partial charge in [-0.25, -0.2) is 4.39 Å². The lowest BCUT2D eigenvalue weighted by Gasteiger charge is -2.15. The van der Waals surface area contributed by atoms with Crippen LogP contribution in [-0.4, -0.2) is 19.1 Å². The topological polar surface area (TPSA) is 62.1 Å². The number of esters is 1. The summed E-state index contributed by atoms with van der Waals surface area (Å²) in [5, 5.41) is 12.2. The predicted molar refractivity (Wildman–Crippen MR) is 67.9 cm³/mol. The van der Waals surface area contributed by atoms with Crippen LogP contribution >= 0.6 is 0 Å². The first-order chi connectivity index (χ1) is 9.13. The third-order valence-electron chi connectivity index (χ3n) is 3.43. The van der Waals surface area contributed by atoms with Gasteiger partial charge < -0.3 is 10.1 Å². The molecule has 1 aromatic carbocycles. The summed E-state index contributed by atoms with van der Waals surface area (Å²) in [6.45, 7) is 0. The van der Waals surface area contributed by atoms with Gasteiger partial charge in [0.1, 0.15) is 11.9 Å². The molecule has 0 aliphatic heterocycles. The van der Waals surface area contributed by atoms with E-state index in [1.807, 2.05) is 6.07 Å². The molecule has 0 amide bonds. The van der Waals surface area contributed by atoms with Gasteiger partial charge in [-0.15, -0.1) is 0 Å². The van der Waals surface area contributed by atoms with E-state index in [1.54, 1.807) is 6.07 Å². The van der Waals surface area contributed by atoms with Crippen molar-refractivity contribution in [2.75, 3.05) is 12.4 Å². The van der Waals surface area contributed by atoms with Crippen molar-refractivity contribution in [3.8, 4) is 6.07 Å². The largest absolute Gasteiger partial charge is 0.469 e. The first-order valence-corrected chi connectivity index (χ1v) is 6.18. The lowest BCUT2D eigenvalue weighted by atomic mass is 10.1. The quantitative estimate of drug-likeness (QED) is 0.850. The molecule has 0 radical (unpaired) electrons. The molecule has 2 atom stereocenters. The Bertz CT molecular complexity index is 525. The van der Waals surface area contributed by atoms with E-state index in [-0.39, 0.29) is 23.5 Å². The van der Waals surface area contributed by atoms with Crippen molar-refractivity contribution in [1.82, 2.24) is 0 Å². The Balaban J connectivity index is 2.04. The number of hydrogen-bond donors (Lipinski definition) is 1. The maximum Gasteiger partial charge on any atom is 0.308 e. The van der Waals surface area contributed by atoms with Crippen LogP contribution in [0, 0.1) is 23.1 Å². The molecule has 0 aromatic heterocycles. The lowest BCUT2D eigenvalue weighted by molar-refractivity contribution is -0.145. The third kappa shape index (κ3) is 3.02. The SMILES string of the molecule is COC(=O)[C@H]1CC[C@@H](Nc2ccc(F)cc2C#N)C1. The second kappa shape index (κ2) is 5.70. The van der Waals surface area contributed by atoms with Gasteiger partial charge in [0.05, 0.1) is 24.3 Å². The number of halogens is 1. The molecule has 5 heteroatoms. The van der Waals surface area contributed by atoms with Gasteiger partial charge in [0.15, 0.2) is 0 Å². The second-order valence-corrected chi connectivity index (χ2v) is 4.68. The molecule has 2 rings (SSSR count). The molecule has 1 aromatic rings. The summed E-state index contributed by atoms with van der Waals surface area (Å²) in [4.78, 5) is 11.4. The number of nitrogens with one attached hydrogen (secondary N) is 1. The average molecular weight is 262 g/mol. The van der Waals surface area contributed by atoms with Crippen LogP contribution < -0.4 is 5.32 Å². The third-order valence-corrected chi connectivity index (χ3v) is 3.43. The van der Waals surface area contributed by atoms with E-state index in [2.05, 4.69) is 5.32 Å². The van der Waals surface area contributed by atoms with E-state index in [9.17, 15) is 9.18 Å². The summed E-state index contributed by atoms with van der Waals surface area (Å²) in [6.07, 6.45) is 2.28. The van der Waals surface area contributed by atoms with Gasteiger partial charge in [-0.1, -0.05) is 0 Å². The summed E-state index contributed by atoms with van der Waals surface area (Å²) in [5.74, 6) is -0.710. The number of nitrogens with zero attached hydrogens (tertiary/aromatic N) is 1. The second-order valence-electron chi connectivity index (χ2n) is 4.68. The van der Waals surface area contributed by atoms with Gasteiger partial charge in [-0.2, -0.15) is 5.26 Å². The van der Waals surface area contributed by atoms with Crippen molar-refractivity contribution in [2.24, 2.45) is 5.92 Å². The maximum atomic E-state index is 13.0. The van der Waals surface area contributed by atoms with E-state index >= 15 is 0 Å². The fourth-order valence-electron chi connectivity index (χ4n) is 2.45. The zero-order valence-electron chi connectivity index (χ0n) is 10.6. The number of carbonyl (C=O) groups excluding carboxylic acids is 1. The van der Waals surface area contributed by atoms with Gasteiger partial charge in [-0.3, -0.25) is 4.79 Å². The summed E-state index contributed by atoms with van der Waals surface area (Å²) in [6, 6.07) is 6.15. The first kappa shape index (κ1) is 13.3. The minimum atomic E-state index is -0.430. The molecule has 1 aliphatic rings. The molecule has 1 N–H and O–H groups in total. The highest BCUT2D eigenvalue weighted by Crippen LogP contribution is 2.30. The summed E-state index contributed by atoms with van der Waals surface area (Å²) in [7, 11) is 1.39. The monoisotopic (exact) mass is 262 g/mol. The average Bonchev–Trinajstić information content (AvgIpc) is 2.88. The van der Waals surface area contributed by atoms with Gasteiger partial charge in [0.2, 0.25) is 0 Å². The van der Waals surface area contributed by atoms with Gasteiger partial charge >= 0.3 is 5.97 Å². The minimum absolute atomic E-state index is 0.0894. The lowest BCUT2D eigenvalue weighted by Crippen LogP contribution is -2.19. The molecule has 0 saturated heterocycles. The van der Waals surface area contributed by atoms with Gasteiger partial charge in [-0.05, 0) is 37.5 Å². The van der Waals surface area contributed by atoms with Crippen LogP contribution in [0.1, 0.15) is 24.8 Å². The Hall–Kier alpha value is -2.09. The Kier molecular flexibility index (Phi) is 4.00. The van der Waals surface area contributed by atoms with Gasteiger partial charge in [0.25, 0.3) is 0 Å². The number of carbonyl (C=O) groups is 1. The van der Waals surface area contributed by atoms with Crippen LogP contribution in [0.5, 0.6) is 0 Å². The van der Waals surface area contributed by atoms with E-state index in [4.69, 9.17) is 10.00 Å². The zero-order valence-corrected chi connectivity index (χ0v) is 10.6. The molecule has 4 nitrogen and oxygen atoms in total. The summed E-state index contributed by atoms with van der Waals surface area (Å²) >= 11 is 0. The number of methoxy groups -OCH3 is 1. The fraction of sp³-hybridized carbons (Fsp3) is 0.429. The van der Waals surface area contributed by atoms with Crippen LogP contribution in [0.15, 0.2) is 18.2 Å². The van der Waals surface area contributed by atoms with E-state index in [1.165, 1.54) is 19.2 Å². The van der Waals surface area contributed by atoms with Crippen molar-refractivity contribution in [2.45, 2.75) is 25.3 Å². The summed E-state index contributed by atoms with van der Waals surface area (Å²) < 4.78 is 17.7. The zero-order chi connectivity index (χ0) is 13.8. The number of ether oxygens (including phenoxy) is 1. The fourth-order valence-corrected chi connectivity index (χ4v) is 2.45. The number of hydrogen-bond acceptors (Lipinski definition) is 4. The van der Waals surface area contributed by atoms with Gasteiger partial charge in [0, 0.05) is 6.04 Å². The Morgan fingerprint density at radius 3 is 3.00 bits per heavy atom. The Labute approximate surface area is 111 Å². The molecular formula is C14H15FN2O2. The number of benzene rings is 1. The summed E-state index contributed by atoms with van der Waals surface area (Å²) in [5.41, 5.74) is 0.890. The predicted octanol–water partition coefficient (Wildman–Crippen LogP) is 2.45. The minimum Gasteiger partial charge on any atom is -0.469 e. The highest BCUT2D eigenvalue weighted by atomic mass is 19.1. The normalized spacial score (nSPS) is 21.7. The molecule has 19 heavy (non-hydrogen) atoms. The van der Waals surface area contributed by atoms with E-state index in [0.717, 1.165) is 12.8 Å². The molecule has 0 bridgehead atoms. The van der Waals surface area contributed by atoms with Crippen LogP contribution in [0.4, 0.5) is 10.1 Å². The molecule has 1 aliphatic carbocycles. The highest BCUT2D eigenvalue weighted by Gasteiger charge is 2.30. The van der Waals surface area contributed by atoms with Crippen LogP contribution in [-0.2, 0) is 9.53 Å². The molecule has 1 fully saturated rings. The van der Waals surface area contributed by atoms with Crippen molar-refractivity contribution >= 4 is 11.7 Å². The Morgan fingerprint density at radius 1 is 1.53 bits per heavy atom. The van der Waals surface area contributed by atoms with Crippen molar-refractivity contribution in [3.63, 3.8) is 0 Å². The number of nitriles is 1. The van der Waals surface area contributed by atoms with Crippen molar-refractivity contribution < 1.29 is 13.9 Å². The van der Waals surface area contributed by atoms with E-state index < -0.39 is 5.82 Å². The van der Waals surface area contributed by atoms with Crippen LogP contribution in [0.25, 0.3) is 0 Å². The Morgan fingerprint density at radius 2 is 2.32 bits per heavy atom. The number of rotatable bonds is 3. The first-order valence-electron chi connectivity index (χ1n) is 6.18. The van der Waals surface area contributed by atoms with Crippen molar-refractivity contribution in [3.05, 3.63) is 29.6 Å². The molecule has 0 unspecified atom stereocenters. The van der Waals surface area contributed by atoms with Crippen LogP contribution in [0.2, 0.25) is 0 Å². The molecule has 100 valence electrons. The van der Waals surface area contributed by atoms with Crippen molar-refractivity contribution in [1.29, 1.82) is 5.26 Å². The van der Waals surface area contributed by atoms with E-state index in [0.29, 0.717) is 12.1 Å². The maximum absolute atomic E-state index is 13.0. The molecule has 0 heterocycles. The molecule has 0 spiro atoms. The smallest absolute Gasteiger partial charge is 0.308 e. The standard InChI is InChI=1S/C14H15FN2O2/c1-19-14(18)9-2-4-12(7-9)17-13-5-3-11(15)6-10(13)8-16/h3,5-6,9,12,17H,2,4,7H2,1H3/t9-,12+/m0/s1. The molecular weight excluding hydrogens is 247 g/mol. The molecule has 1 saturated carbocycles. The highest BCUT2D eigenvalue weighted by molar-refractivity contribution is 5.73. The van der Waals surface area contributed by atoms with Crippen LogP contribution in [0.3, 0.4) is 0 Å². The number of anilines is 1.